The molecule has 0 bridgehead atoms. The lowest BCUT2D eigenvalue weighted by molar-refractivity contribution is 0.204. The van der Waals surface area contributed by atoms with Gasteiger partial charge in [0, 0.05) is 23.0 Å². The molecule has 2 heterocycles. The average molecular weight is 278 g/mol. The summed E-state index contributed by atoms with van der Waals surface area (Å²) in [4.78, 5) is 1.48. The second-order valence-electron chi connectivity index (χ2n) is 6.16. The molecule has 2 fully saturated rings. The molecule has 1 aliphatic carbocycles. The van der Waals surface area contributed by atoms with Crippen LogP contribution in [0.3, 0.4) is 0 Å². The minimum atomic E-state index is 0.506. The summed E-state index contributed by atoms with van der Waals surface area (Å²) in [7, 11) is 0. The van der Waals surface area contributed by atoms with Gasteiger partial charge in [0.05, 0.1) is 0 Å². The summed E-state index contributed by atoms with van der Waals surface area (Å²) in [5.41, 5.74) is 0. The van der Waals surface area contributed by atoms with E-state index in [1.807, 2.05) is 11.3 Å². The van der Waals surface area contributed by atoms with Gasteiger partial charge >= 0.3 is 0 Å². The molecule has 3 heteroatoms. The second-order valence-corrected chi connectivity index (χ2v) is 7.14. The topological polar surface area (TPSA) is 24.1 Å². The van der Waals surface area contributed by atoms with Crippen molar-refractivity contribution in [2.24, 2.45) is 5.92 Å². The molecule has 2 N–H and O–H groups in total. The van der Waals surface area contributed by atoms with Crippen LogP contribution in [0.25, 0.3) is 0 Å². The van der Waals surface area contributed by atoms with Crippen LogP contribution in [0.5, 0.6) is 0 Å². The van der Waals surface area contributed by atoms with Gasteiger partial charge in [0.15, 0.2) is 0 Å². The van der Waals surface area contributed by atoms with Gasteiger partial charge < -0.3 is 10.6 Å². The van der Waals surface area contributed by atoms with Crippen molar-refractivity contribution >= 4 is 11.3 Å². The van der Waals surface area contributed by atoms with Gasteiger partial charge in [-0.25, -0.2) is 0 Å². The molecule has 3 rings (SSSR count). The van der Waals surface area contributed by atoms with Gasteiger partial charge in [-0.2, -0.15) is 0 Å². The number of nitrogens with one attached hydrogen (secondary N) is 2. The third-order valence-electron chi connectivity index (χ3n) is 4.87. The maximum Gasteiger partial charge on any atom is 0.0388 e. The van der Waals surface area contributed by atoms with Crippen molar-refractivity contribution in [3.05, 3.63) is 22.4 Å². The molecular weight excluding hydrogens is 252 g/mol. The Balaban J connectivity index is 1.63. The van der Waals surface area contributed by atoms with Gasteiger partial charge in [0.1, 0.15) is 0 Å². The molecule has 0 spiro atoms. The monoisotopic (exact) mass is 278 g/mol. The summed E-state index contributed by atoms with van der Waals surface area (Å²) < 4.78 is 0. The van der Waals surface area contributed by atoms with Gasteiger partial charge in [-0.05, 0) is 56.5 Å². The molecule has 1 aliphatic heterocycles. The van der Waals surface area contributed by atoms with E-state index in [9.17, 15) is 0 Å². The van der Waals surface area contributed by atoms with Crippen LogP contribution in [0.2, 0.25) is 0 Å². The predicted molar refractivity (Wildman–Crippen MR) is 82.6 cm³/mol. The fraction of sp³-hybridized carbons (Fsp3) is 0.750. The molecule has 2 nitrogen and oxygen atoms in total. The Labute approximate surface area is 121 Å². The van der Waals surface area contributed by atoms with Gasteiger partial charge in [-0.15, -0.1) is 11.3 Å². The van der Waals surface area contributed by atoms with E-state index < -0.39 is 0 Å². The van der Waals surface area contributed by atoms with Crippen molar-refractivity contribution in [3.8, 4) is 0 Å². The molecule has 0 amide bonds. The van der Waals surface area contributed by atoms with E-state index in [0.29, 0.717) is 12.1 Å². The van der Waals surface area contributed by atoms with Gasteiger partial charge in [-0.3, -0.25) is 0 Å². The highest BCUT2D eigenvalue weighted by Crippen LogP contribution is 2.32. The first-order valence-corrected chi connectivity index (χ1v) is 8.75. The Morgan fingerprint density at radius 1 is 1.26 bits per heavy atom. The highest BCUT2D eigenvalue weighted by atomic mass is 32.1. The first-order chi connectivity index (χ1) is 9.34. The molecule has 3 unspecified atom stereocenters. The van der Waals surface area contributed by atoms with Crippen molar-refractivity contribution in [2.75, 3.05) is 6.54 Å². The first-order valence-electron chi connectivity index (χ1n) is 7.87. The Bertz CT molecular complexity index is 370. The molecule has 106 valence electrons. The standard InChI is InChI=1S/C16H26N2S/c1-12(16-9-5-11-19-16)18-15-7-3-2-6-13(15)14-8-4-10-17-14/h5,9,11-15,17-18H,2-4,6-8,10H2,1H3/t12-,13?,14?,15?/m0/s1. The van der Waals surface area contributed by atoms with Crippen molar-refractivity contribution in [1.82, 2.24) is 10.6 Å². The van der Waals surface area contributed by atoms with Crippen LogP contribution in [0.1, 0.15) is 56.4 Å². The normalized spacial score (nSPS) is 33.4. The van der Waals surface area contributed by atoms with Crippen molar-refractivity contribution in [1.29, 1.82) is 0 Å². The van der Waals surface area contributed by atoms with Crippen LogP contribution < -0.4 is 10.6 Å². The third-order valence-corrected chi connectivity index (χ3v) is 5.92. The van der Waals surface area contributed by atoms with Crippen LogP contribution in [0.4, 0.5) is 0 Å². The minimum absolute atomic E-state index is 0.506. The highest BCUT2D eigenvalue weighted by molar-refractivity contribution is 7.10. The van der Waals surface area contributed by atoms with Crippen molar-refractivity contribution in [3.63, 3.8) is 0 Å². The van der Waals surface area contributed by atoms with Crippen LogP contribution in [0.15, 0.2) is 17.5 Å². The largest absolute Gasteiger partial charge is 0.314 e. The fourth-order valence-electron chi connectivity index (χ4n) is 3.87. The zero-order valence-electron chi connectivity index (χ0n) is 11.9. The molecule has 1 saturated heterocycles. The zero-order valence-corrected chi connectivity index (χ0v) is 12.7. The Hall–Kier alpha value is -0.380. The number of thiophene rings is 1. The zero-order chi connectivity index (χ0) is 13.1. The molecule has 1 aromatic rings. The molecule has 1 aromatic heterocycles. The fourth-order valence-corrected chi connectivity index (χ4v) is 4.61. The van der Waals surface area contributed by atoms with Gasteiger partial charge in [-0.1, -0.05) is 18.9 Å². The lowest BCUT2D eigenvalue weighted by Crippen LogP contribution is -2.47. The SMILES string of the molecule is C[C@H](NC1CCCCC1C1CCCN1)c1cccs1. The predicted octanol–water partition coefficient (Wildman–Crippen LogP) is 3.71. The van der Waals surface area contributed by atoms with Crippen LogP contribution in [-0.4, -0.2) is 18.6 Å². The molecule has 2 aliphatic rings. The summed E-state index contributed by atoms with van der Waals surface area (Å²) in [6, 6.07) is 6.41. The second kappa shape index (κ2) is 6.38. The summed E-state index contributed by atoms with van der Waals surface area (Å²) >= 11 is 1.87. The smallest absolute Gasteiger partial charge is 0.0388 e. The van der Waals surface area contributed by atoms with Gasteiger partial charge in [0.2, 0.25) is 0 Å². The summed E-state index contributed by atoms with van der Waals surface area (Å²) in [5, 5.41) is 9.83. The molecule has 4 atom stereocenters. The quantitative estimate of drug-likeness (QED) is 0.877. The van der Waals surface area contributed by atoms with E-state index in [-0.39, 0.29) is 0 Å². The van der Waals surface area contributed by atoms with E-state index >= 15 is 0 Å². The van der Waals surface area contributed by atoms with E-state index in [2.05, 4.69) is 35.1 Å². The summed E-state index contributed by atoms with van der Waals surface area (Å²) in [6.45, 7) is 3.55. The maximum atomic E-state index is 3.92. The molecule has 19 heavy (non-hydrogen) atoms. The Morgan fingerprint density at radius 3 is 2.89 bits per heavy atom. The van der Waals surface area contributed by atoms with Gasteiger partial charge in [0.25, 0.3) is 0 Å². The highest BCUT2D eigenvalue weighted by Gasteiger charge is 2.33. The Kier molecular flexibility index (Phi) is 4.57. The number of rotatable bonds is 4. The minimum Gasteiger partial charge on any atom is -0.314 e. The molecular formula is C16H26N2S. The lowest BCUT2D eigenvalue weighted by Gasteiger charge is -2.37. The van der Waals surface area contributed by atoms with Crippen molar-refractivity contribution in [2.45, 2.75) is 63.6 Å². The van der Waals surface area contributed by atoms with Crippen molar-refractivity contribution < 1.29 is 0 Å². The van der Waals surface area contributed by atoms with Crippen LogP contribution in [-0.2, 0) is 0 Å². The summed E-state index contributed by atoms with van der Waals surface area (Å²) in [6.07, 6.45) is 8.35. The van der Waals surface area contributed by atoms with E-state index in [1.54, 1.807) is 0 Å². The molecule has 1 saturated carbocycles. The van der Waals surface area contributed by atoms with Crippen LogP contribution in [0, 0.1) is 5.92 Å². The number of hydrogen-bond donors (Lipinski definition) is 2. The van der Waals surface area contributed by atoms with E-state index in [1.165, 1.54) is 49.9 Å². The van der Waals surface area contributed by atoms with E-state index in [0.717, 1.165) is 12.0 Å². The third kappa shape index (κ3) is 3.21. The Morgan fingerprint density at radius 2 is 2.16 bits per heavy atom. The van der Waals surface area contributed by atoms with E-state index in [4.69, 9.17) is 0 Å². The molecule has 0 aromatic carbocycles. The maximum absolute atomic E-state index is 3.92. The summed E-state index contributed by atoms with van der Waals surface area (Å²) in [5.74, 6) is 0.846. The number of hydrogen-bond acceptors (Lipinski definition) is 3. The first kappa shape index (κ1) is 13.6. The lowest BCUT2D eigenvalue weighted by atomic mass is 9.79. The molecule has 0 radical (unpaired) electrons. The van der Waals surface area contributed by atoms with Crippen LogP contribution >= 0.6 is 11.3 Å². The average Bonchev–Trinajstić information content (AvgIpc) is 3.13.